The SMILES string of the molecule is CCC(C)N(C)c1cc(CNCC(C)C)c(Cl)cn1. The van der Waals surface area contributed by atoms with Crippen LogP contribution in [0.5, 0.6) is 0 Å². The number of aromatic nitrogens is 1. The van der Waals surface area contributed by atoms with Crippen molar-refractivity contribution in [2.75, 3.05) is 18.5 Å². The normalized spacial score (nSPS) is 12.8. The Morgan fingerprint density at radius 1 is 1.37 bits per heavy atom. The summed E-state index contributed by atoms with van der Waals surface area (Å²) in [6.07, 6.45) is 2.85. The van der Waals surface area contributed by atoms with Crippen molar-refractivity contribution in [2.45, 2.75) is 46.7 Å². The second kappa shape index (κ2) is 7.71. The van der Waals surface area contributed by atoms with Crippen LogP contribution in [0.1, 0.15) is 39.7 Å². The van der Waals surface area contributed by atoms with Gasteiger partial charge in [0.2, 0.25) is 0 Å². The molecule has 0 fully saturated rings. The van der Waals surface area contributed by atoms with E-state index in [1.807, 2.05) is 0 Å². The minimum absolute atomic E-state index is 0.477. The molecule has 0 bridgehead atoms. The number of pyridine rings is 1. The quantitative estimate of drug-likeness (QED) is 0.827. The summed E-state index contributed by atoms with van der Waals surface area (Å²) in [7, 11) is 2.08. The van der Waals surface area contributed by atoms with E-state index in [0.29, 0.717) is 12.0 Å². The molecule has 0 aromatic carbocycles. The average Bonchev–Trinajstić information content (AvgIpc) is 2.38. The van der Waals surface area contributed by atoms with Gasteiger partial charge >= 0.3 is 0 Å². The summed E-state index contributed by atoms with van der Waals surface area (Å²) in [5.74, 6) is 1.63. The molecule has 0 saturated heterocycles. The van der Waals surface area contributed by atoms with Gasteiger partial charge < -0.3 is 10.2 Å². The van der Waals surface area contributed by atoms with Gasteiger partial charge in [-0.05, 0) is 37.4 Å². The van der Waals surface area contributed by atoms with Gasteiger partial charge in [0, 0.05) is 25.8 Å². The Balaban J connectivity index is 2.76. The van der Waals surface area contributed by atoms with E-state index in [1.54, 1.807) is 6.20 Å². The zero-order valence-corrected chi connectivity index (χ0v) is 13.5. The lowest BCUT2D eigenvalue weighted by Crippen LogP contribution is -2.29. The van der Waals surface area contributed by atoms with Crippen LogP contribution < -0.4 is 10.2 Å². The summed E-state index contributed by atoms with van der Waals surface area (Å²) in [6.45, 7) is 10.6. The van der Waals surface area contributed by atoms with Crippen LogP contribution in [-0.2, 0) is 6.54 Å². The van der Waals surface area contributed by atoms with Crippen LogP contribution in [0.3, 0.4) is 0 Å². The van der Waals surface area contributed by atoms with Crippen LogP contribution in [0, 0.1) is 5.92 Å². The van der Waals surface area contributed by atoms with Gasteiger partial charge in [0.05, 0.1) is 5.02 Å². The van der Waals surface area contributed by atoms with Crippen molar-refractivity contribution in [3.63, 3.8) is 0 Å². The first-order valence-corrected chi connectivity index (χ1v) is 7.41. The molecule has 3 nitrogen and oxygen atoms in total. The van der Waals surface area contributed by atoms with Crippen LogP contribution in [0.4, 0.5) is 5.82 Å². The fourth-order valence-electron chi connectivity index (χ4n) is 1.79. The molecule has 0 saturated carbocycles. The van der Waals surface area contributed by atoms with Gasteiger partial charge in [-0.15, -0.1) is 0 Å². The smallest absolute Gasteiger partial charge is 0.128 e. The van der Waals surface area contributed by atoms with Gasteiger partial charge in [-0.2, -0.15) is 0 Å². The molecule has 1 heterocycles. The topological polar surface area (TPSA) is 28.2 Å². The highest BCUT2D eigenvalue weighted by Gasteiger charge is 2.11. The maximum atomic E-state index is 6.21. The molecule has 1 aromatic heterocycles. The van der Waals surface area contributed by atoms with Crippen LogP contribution in [-0.4, -0.2) is 24.6 Å². The third-order valence-electron chi connectivity index (χ3n) is 3.40. The lowest BCUT2D eigenvalue weighted by atomic mass is 10.2. The highest BCUT2D eigenvalue weighted by molar-refractivity contribution is 6.31. The molecule has 0 amide bonds. The zero-order chi connectivity index (χ0) is 14.4. The van der Waals surface area contributed by atoms with Crippen molar-refractivity contribution >= 4 is 17.4 Å². The molecular weight excluding hydrogens is 258 g/mol. The van der Waals surface area contributed by atoms with E-state index < -0.39 is 0 Å². The molecular formula is C15H26ClN3. The van der Waals surface area contributed by atoms with Crippen molar-refractivity contribution in [3.05, 3.63) is 22.8 Å². The molecule has 1 N–H and O–H groups in total. The summed E-state index contributed by atoms with van der Waals surface area (Å²) in [5.41, 5.74) is 1.11. The molecule has 0 aliphatic rings. The van der Waals surface area contributed by atoms with E-state index in [0.717, 1.165) is 35.9 Å². The van der Waals surface area contributed by atoms with E-state index in [2.05, 4.69) is 56.0 Å². The second-order valence-electron chi connectivity index (χ2n) is 5.53. The summed E-state index contributed by atoms with van der Waals surface area (Å²) < 4.78 is 0. The highest BCUT2D eigenvalue weighted by Crippen LogP contribution is 2.21. The molecule has 0 radical (unpaired) electrons. The van der Waals surface area contributed by atoms with E-state index in [9.17, 15) is 0 Å². The second-order valence-corrected chi connectivity index (χ2v) is 5.93. The predicted octanol–water partition coefficient (Wildman–Crippen LogP) is 3.72. The average molecular weight is 284 g/mol. The summed E-state index contributed by atoms with van der Waals surface area (Å²) in [5, 5.41) is 4.15. The molecule has 1 atom stereocenters. The van der Waals surface area contributed by atoms with Crippen molar-refractivity contribution in [1.29, 1.82) is 0 Å². The summed E-state index contributed by atoms with van der Waals surface area (Å²) in [4.78, 5) is 6.61. The number of hydrogen-bond acceptors (Lipinski definition) is 3. The number of hydrogen-bond donors (Lipinski definition) is 1. The van der Waals surface area contributed by atoms with E-state index >= 15 is 0 Å². The molecule has 1 aromatic rings. The molecule has 0 spiro atoms. The molecule has 1 rings (SSSR count). The van der Waals surface area contributed by atoms with Crippen molar-refractivity contribution in [3.8, 4) is 0 Å². The minimum Gasteiger partial charge on any atom is -0.357 e. The number of nitrogens with one attached hydrogen (secondary N) is 1. The van der Waals surface area contributed by atoms with Gasteiger partial charge in [0.15, 0.2) is 0 Å². The number of nitrogens with zero attached hydrogens (tertiary/aromatic N) is 2. The number of anilines is 1. The molecule has 0 aliphatic carbocycles. The fourth-order valence-corrected chi connectivity index (χ4v) is 1.96. The number of halogens is 1. The Morgan fingerprint density at radius 3 is 2.63 bits per heavy atom. The van der Waals surface area contributed by atoms with E-state index in [1.165, 1.54) is 0 Å². The third kappa shape index (κ3) is 5.00. The van der Waals surface area contributed by atoms with Crippen molar-refractivity contribution in [2.24, 2.45) is 5.92 Å². The molecule has 108 valence electrons. The van der Waals surface area contributed by atoms with Crippen LogP contribution in [0.2, 0.25) is 5.02 Å². The molecule has 1 unspecified atom stereocenters. The lowest BCUT2D eigenvalue weighted by Gasteiger charge is -2.25. The zero-order valence-electron chi connectivity index (χ0n) is 12.7. The Labute approximate surface area is 122 Å². The maximum absolute atomic E-state index is 6.21. The van der Waals surface area contributed by atoms with Crippen LogP contribution >= 0.6 is 11.6 Å². The molecule has 0 aliphatic heterocycles. The molecule has 4 heteroatoms. The predicted molar refractivity (Wildman–Crippen MR) is 83.9 cm³/mol. The number of rotatable bonds is 7. The van der Waals surface area contributed by atoms with Gasteiger partial charge in [-0.25, -0.2) is 4.98 Å². The van der Waals surface area contributed by atoms with Crippen molar-refractivity contribution < 1.29 is 0 Å². The summed E-state index contributed by atoms with van der Waals surface area (Å²) >= 11 is 6.21. The fraction of sp³-hybridized carbons (Fsp3) is 0.667. The summed E-state index contributed by atoms with van der Waals surface area (Å²) in [6, 6.07) is 2.56. The highest BCUT2D eigenvalue weighted by atomic mass is 35.5. The minimum atomic E-state index is 0.477. The Hall–Kier alpha value is -0.800. The molecule has 19 heavy (non-hydrogen) atoms. The first-order valence-electron chi connectivity index (χ1n) is 7.03. The third-order valence-corrected chi connectivity index (χ3v) is 3.74. The van der Waals surface area contributed by atoms with Gasteiger partial charge in [0.1, 0.15) is 5.82 Å². The maximum Gasteiger partial charge on any atom is 0.128 e. The largest absolute Gasteiger partial charge is 0.357 e. The van der Waals surface area contributed by atoms with E-state index in [-0.39, 0.29) is 0 Å². The Bertz CT molecular complexity index is 393. The van der Waals surface area contributed by atoms with Gasteiger partial charge in [0.25, 0.3) is 0 Å². The Kier molecular flexibility index (Phi) is 6.59. The van der Waals surface area contributed by atoms with Crippen LogP contribution in [0.25, 0.3) is 0 Å². The van der Waals surface area contributed by atoms with Crippen LogP contribution in [0.15, 0.2) is 12.3 Å². The Morgan fingerprint density at radius 2 is 2.05 bits per heavy atom. The monoisotopic (exact) mass is 283 g/mol. The van der Waals surface area contributed by atoms with Crippen molar-refractivity contribution in [1.82, 2.24) is 10.3 Å². The standard InChI is InChI=1S/C15H26ClN3/c1-6-12(4)19(5)15-7-13(14(16)10-18-15)9-17-8-11(2)3/h7,10-12,17H,6,8-9H2,1-5H3. The van der Waals surface area contributed by atoms with Gasteiger partial charge in [-0.1, -0.05) is 32.4 Å². The first-order chi connectivity index (χ1) is 8.95. The van der Waals surface area contributed by atoms with E-state index in [4.69, 9.17) is 11.6 Å². The lowest BCUT2D eigenvalue weighted by molar-refractivity contribution is 0.552. The van der Waals surface area contributed by atoms with Gasteiger partial charge in [-0.3, -0.25) is 0 Å². The first kappa shape index (κ1) is 16.3.